The quantitative estimate of drug-likeness (QED) is 0.743. The predicted molar refractivity (Wildman–Crippen MR) is 45.3 cm³/mol. The molecule has 0 aliphatic rings. The van der Waals surface area contributed by atoms with Crippen LogP contribution in [0, 0.1) is 11.3 Å². The minimum atomic E-state index is -0.464. The van der Waals surface area contributed by atoms with Crippen LogP contribution < -0.4 is 5.43 Å². The molecule has 0 spiro atoms. The first kappa shape index (κ1) is 9.33. The standard InChI is InChI=1S/C9H9NO3/c1-6(2-3-10)7-4-13-5-8(11)9(7)12/h4-6,11H,2H2,1H3/t6-/m1/s1. The van der Waals surface area contributed by atoms with Gasteiger partial charge in [0.25, 0.3) is 0 Å². The average molecular weight is 179 g/mol. The van der Waals surface area contributed by atoms with Crippen molar-refractivity contribution >= 4 is 0 Å². The molecule has 0 saturated heterocycles. The lowest BCUT2D eigenvalue weighted by atomic mass is 10.0. The molecule has 1 aromatic heterocycles. The van der Waals surface area contributed by atoms with Crippen molar-refractivity contribution in [2.45, 2.75) is 19.3 Å². The van der Waals surface area contributed by atoms with Crippen molar-refractivity contribution in [3.05, 3.63) is 28.3 Å². The molecule has 0 amide bonds. The second-order valence-electron chi connectivity index (χ2n) is 2.80. The third kappa shape index (κ3) is 1.88. The molecule has 1 N–H and O–H groups in total. The molecule has 0 aliphatic heterocycles. The van der Waals surface area contributed by atoms with Gasteiger partial charge in [-0.05, 0) is 0 Å². The zero-order valence-corrected chi connectivity index (χ0v) is 7.15. The second kappa shape index (κ2) is 3.76. The zero-order chi connectivity index (χ0) is 9.84. The Morgan fingerprint density at radius 3 is 3.00 bits per heavy atom. The van der Waals surface area contributed by atoms with Crippen LogP contribution in [0.4, 0.5) is 0 Å². The molecule has 68 valence electrons. The Kier molecular flexibility index (Phi) is 2.70. The third-order valence-electron chi connectivity index (χ3n) is 1.80. The van der Waals surface area contributed by atoms with Gasteiger partial charge in [0.15, 0.2) is 5.75 Å². The normalized spacial score (nSPS) is 12.0. The first-order chi connectivity index (χ1) is 6.16. The summed E-state index contributed by atoms with van der Waals surface area (Å²) >= 11 is 0. The van der Waals surface area contributed by atoms with Crippen LogP contribution in [0.3, 0.4) is 0 Å². The minimum absolute atomic E-state index is 0.214. The first-order valence-corrected chi connectivity index (χ1v) is 3.83. The number of nitriles is 1. The van der Waals surface area contributed by atoms with E-state index in [0.29, 0.717) is 5.56 Å². The minimum Gasteiger partial charge on any atom is -0.502 e. The summed E-state index contributed by atoms with van der Waals surface area (Å²) in [5, 5.41) is 17.4. The van der Waals surface area contributed by atoms with E-state index >= 15 is 0 Å². The molecule has 0 bridgehead atoms. The summed E-state index contributed by atoms with van der Waals surface area (Å²) in [4.78, 5) is 11.3. The van der Waals surface area contributed by atoms with E-state index in [0.717, 1.165) is 6.26 Å². The molecule has 0 radical (unpaired) electrons. The molecule has 1 rings (SSSR count). The topological polar surface area (TPSA) is 74.2 Å². The van der Waals surface area contributed by atoms with E-state index in [1.54, 1.807) is 6.92 Å². The molecular formula is C9H9NO3. The van der Waals surface area contributed by atoms with Crippen molar-refractivity contribution in [3.63, 3.8) is 0 Å². The molecule has 0 saturated carbocycles. The monoisotopic (exact) mass is 179 g/mol. The van der Waals surface area contributed by atoms with E-state index < -0.39 is 11.2 Å². The molecular weight excluding hydrogens is 170 g/mol. The van der Waals surface area contributed by atoms with Gasteiger partial charge >= 0.3 is 0 Å². The van der Waals surface area contributed by atoms with Gasteiger partial charge in [-0.25, -0.2) is 0 Å². The van der Waals surface area contributed by atoms with Crippen LogP contribution in [0.1, 0.15) is 24.8 Å². The molecule has 4 nitrogen and oxygen atoms in total. The highest BCUT2D eigenvalue weighted by Crippen LogP contribution is 2.16. The maximum absolute atomic E-state index is 11.3. The van der Waals surface area contributed by atoms with Crippen LogP contribution in [0.25, 0.3) is 0 Å². The van der Waals surface area contributed by atoms with Crippen molar-refractivity contribution < 1.29 is 9.52 Å². The number of aromatic hydroxyl groups is 1. The molecule has 4 heteroatoms. The Balaban J connectivity index is 3.10. The number of hydrogen-bond donors (Lipinski definition) is 1. The maximum Gasteiger partial charge on any atom is 0.229 e. The van der Waals surface area contributed by atoms with E-state index in [-0.39, 0.29) is 12.3 Å². The Bertz CT molecular complexity index is 389. The van der Waals surface area contributed by atoms with Crippen molar-refractivity contribution in [3.8, 4) is 11.8 Å². The smallest absolute Gasteiger partial charge is 0.229 e. The van der Waals surface area contributed by atoms with Gasteiger partial charge < -0.3 is 9.52 Å². The molecule has 0 unspecified atom stereocenters. The Morgan fingerprint density at radius 2 is 2.38 bits per heavy atom. The maximum atomic E-state index is 11.3. The predicted octanol–water partition coefficient (Wildman–Crippen LogP) is 1.36. The first-order valence-electron chi connectivity index (χ1n) is 3.83. The van der Waals surface area contributed by atoms with Gasteiger partial charge in [0.1, 0.15) is 6.26 Å². The van der Waals surface area contributed by atoms with Crippen molar-refractivity contribution in [2.75, 3.05) is 0 Å². The fourth-order valence-electron chi connectivity index (χ4n) is 1.01. The Hall–Kier alpha value is -1.76. The molecule has 1 heterocycles. The summed E-state index contributed by atoms with van der Waals surface area (Å²) in [5.41, 5.74) is -0.129. The van der Waals surface area contributed by atoms with E-state index in [9.17, 15) is 4.79 Å². The van der Waals surface area contributed by atoms with Gasteiger partial charge in [-0.2, -0.15) is 5.26 Å². The van der Waals surface area contributed by atoms with Gasteiger partial charge in [-0.1, -0.05) is 6.92 Å². The van der Waals surface area contributed by atoms with E-state index in [4.69, 9.17) is 14.8 Å². The molecule has 0 fully saturated rings. The molecule has 0 aromatic carbocycles. The summed E-state index contributed by atoms with van der Waals surface area (Å²) in [5.74, 6) is -0.629. The zero-order valence-electron chi connectivity index (χ0n) is 7.15. The van der Waals surface area contributed by atoms with Gasteiger partial charge in [0, 0.05) is 17.9 Å². The van der Waals surface area contributed by atoms with Gasteiger partial charge in [0.2, 0.25) is 5.43 Å². The van der Waals surface area contributed by atoms with E-state index in [1.165, 1.54) is 6.26 Å². The van der Waals surface area contributed by atoms with Gasteiger partial charge in [0.05, 0.1) is 12.3 Å². The Morgan fingerprint density at radius 1 is 1.69 bits per heavy atom. The largest absolute Gasteiger partial charge is 0.502 e. The molecule has 13 heavy (non-hydrogen) atoms. The molecule has 1 aromatic rings. The molecule has 0 aliphatic carbocycles. The van der Waals surface area contributed by atoms with Gasteiger partial charge in [-0.15, -0.1) is 0 Å². The number of rotatable bonds is 2. The van der Waals surface area contributed by atoms with Crippen LogP contribution in [0.5, 0.6) is 5.75 Å². The van der Waals surface area contributed by atoms with Crippen LogP contribution in [0.15, 0.2) is 21.7 Å². The van der Waals surface area contributed by atoms with Crippen molar-refractivity contribution in [2.24, 2.45) is 0 Å². The van der Waals surface area contributed by atoms with E-state index in [2.05, 4.69) is 0 Å². The summed E-state index contributed by atoms with van der Waals surface area (Å²) in [7, 11) is 0. The fourth-order valence-corrected chi connectivity index (χ4v) is 1.01. The molecule has 1 atom stereocenters. The van der Waals surface area contributed by atoms with Crippen LogP contribution in [-0.2, 0) is 0 Å². The van der Waals surface area contributed by atoms with Crippen LogP contribution in [-0.4, -0.2) is 5.11 Å². The summed E-state index contributed by atoms with van der Waals surface area (Å²) in [6, 6.07) is 1.95. The summed E-state index contributed by atoms with van der Waals surface area (Å²) in [6.07, 6.45) is 2.48. The highest BCUT2D eigenvalue weighted by Gasteiger charge is 2.12. The summed E-state index contributed by atoms with van der Waals surface area (Å²) < 4.78 is 4.73. The lowest BCUT2D eigenvalue weighted by Gasteiger charge is -2.04. The number of nitrogens with zero attached hydrogens (tertiary/aromatic N) is 1. The second-order valence-corrected chi connectivity index (χ2v) is 2.80. The highest BCUT2D eigenvalue weighted by atomic mass is 16.3. The fraction of sp³-hybridized carbons (Fsp3) is 0.333. The lowest BCUT2D eigenvalue weighted by molar-refractivity contribution is 0.423. The van der Waals surface area contributed by atoms with Crippen molar-refractivity contribution in [1.29, 1.82) is 5.26 Å². The van der Waals surface area contributed by atoms with Gasteiger partial charge in [-0.3, -0.25) is 4.79 Å². The third-order valence-corrected chi connectivity index (χ3v) is 1.80. The van der Waals surface area contributed by atoms with E-state index in [1.807, 2.05) is 6.07 Å². The van der Waals surface area contributed by atoms with Crippen LogP contribution in [0.2, 0.25) is 0 Å². The SMILES string of the molecule is C[C@H](CC#N)c1cocc(O)c1=O. The average Bonchev–Trinajstić information content (AvgIpc) is 2.10. The summed E-state index contributed by atoms with van der Waals surface area (Å²) in [6.45, 7) is 1.73. The number of hydrogen-bond acceptors (Lipinski definition) is 4. The lowest BCUT2D eigenvalue weighted by Crippen LogP contribution is -2.10. The highest BCUT2D eigenvalue weighted by molar-refractivity contribution is 5.23. The Labute approximate surface area is 75.0 Å². The van der Waals surface area contributed by atoms with Crippen molar-refractivity contribution in [1.82, 2.24) is 0 Å². The van der Waals surface area contributed by atoms with Crippen LogP contribution >= 0.6 is 0 Å².